The van der Waals surface area contributed by atoms with E-state index in [1.807, 2.05) is 36.4 Å². The normalized spacial score (nSPS) is 13.1. The van der Waals surface area contributed by atoms with E-state index >= 15 is 0 Å². The summed E-state index contributed by atoms with van der Waals surface area (Å²) in [6.07, 6.45) is -0.720. The van der Waals surface area contributed by atoms with Crippen molar-refractivity contribution in [1.29, 1.82) is 0 Å². The third-order valence-electron chi connectivity index (χ3n) is 5.62. The first kappa shape index (κ1) is 28.6. The molecule has 7 heteroatoms. The summed E-state index contributed by atoms with van der Waals surface area (Å²) >= 11 is 0. The van der Waals surface area contributed by atoms with Crippen molar-refractivity contribution in [2.45, 2.75) is 71.1 Å². The van der Waals surface area contributed by atoms with Crippen LogP contribution >= 0.6 is 0 Å². The van der Waals surface area contributed by atoms with Crippen LogP contribution in [-0.2, 0) is 18.7 Å². The Kier molecular flexibility index (Phi) is 9.69. The van der Waals surface area contributed by atoms with E-state index in [-0.39, 0.29) is 5.04 Å². The summed E-state index contributed by atoms with van der Waals surface area (Å²) in [7, 11) is 0.499. The molecule has 0 aliphatic heterocycles. The Hall–Kier alpha value is -2.64. The Bertz CT molecular complexity index is 909. The monoisotopic (exact) mass is 499 g/mol. The summed E-state index contributed by atoms with van der Waals surface area (Å²) in [5, 5.41) is 2.25. The number of amides is 1. The molecule has 0 radical (unpaired) electrons. The fraction of sp³-hybridized carbons (Fsp3) is 0.500. The van der Waals surface area contributed by atoms with Gasteiger partial charge in [0.1, 0.15) is 5.60 Å². The van der Waals surface area contributed by atoms with Crippen molar-refractivity contribution >= 4 is 30.8 Å². The highest BCUT2D eigenvalue weighted by molar-refractivity contribution is 6.99. The lowest BCUT2D eigenvalue weighted by Gasteiger charge is -2.43. The van der Waals surface area contributed by atoms with Gasteiger partial charge in [-0.05, 0) is 49.0 Å². The Balaban J connectivity index is 2.27. The van der Waals surface area contributed by atoms with Crippen LogP contribution in [0.5, 0.6) is 0 Å². The summed E-state index contributed by atoms with van der Waals surface area (Å²) in [5.41, 5.74) is -0.675. The number of rotatable bonds is 9. The lowest BCUT2D eigenvalue weighted by atomic mass is 10.1. The third-order valence-corrected chi connectivity index (χ3v) is 10.7. The number of ether oxygens (including phenoxy) is 2. The molecule has 0 N–H and O–H groups in total. The van der Waals surface area contributed by atoms with Gasteiger partial charge in [-0.15, -0.1) is 0 Å². The Labute approximate surface area is 211 Å². The Morgan fingerprint density at radius 3 is 1.74 bits per heavy atom. The van der Waals surface area contributed by atoms with E-state index in [2.05, 4.69) is 45.0 Å². The molecule has 0 fully saturated rings. The second-order valence-electron chi connectivity index (χ2n) is 11.0. The maximum Gasteiger partial charge on any atom is 0.410 e. The van der Waals surface area contributed by atoms with Gasteiger partial charge >= 0.3 is 12.1 Å². The molecular weight excluding hydrogens is 458 g/mol. The average molecular weight is 500 g/mol. The summed E-state index contributed by atoms with van der Waals surface area (Å²) in [6.45, 7) is 12.5. The van der Waals surface area contributed by atoms with Crippen LogP contribution in [0.1, 0.15) is 54.4 Å². The second kappa shape index (κ2) is 11.9. The van der Waals surface area contributed by atoms with Crippen molar-refractivity contribution < 1.29 is 23.5 Å². The molecule has 0 aliphatic rings. The van der Waals surface area contributed by atoms with Crippen LogP contribution in [0.4, 0.5) is 4.79 Å². The van der Waals surface area contributed by atoms with E-state index in [9.17, 15) is 9.59 Å². The molecule has 1 atom stereocenters. The molecule has 192 valence electrons. The lowest BCUT2D eigenvalue weighted by molar-refractivity contribution is -0.166. The van der Waals surface area contributed by atoms with Crippen LogP contribution in [0, 0.1) is 0 Å². The van der Waals surface area contributed by atoms with E-state index in [4.69, 9.17) is 13.9 Å². The fourth-order valence-corrected chi connectivity index (χ4v) is 8.68. The van der Waals surface area contributed by atoms with Crippen LogP contribution < -0.4 is 10.4 Å². The van der Waals surface area contributed by atoms with E-state index in [1.54, 1.807) is 34.9 Å². The molecule has 2 aromatic rings. The molecule has 35 heavy (non-hydrogen) atoms. The molecule has 0 saturated carbocycles. The maximum atomic E-state index is 12.8. The smallest absolute Gasteiger partial charge is 0.410 e. The van der Waals surface area contributed by atoms with Crippen LogP contribution in [0.2, 0.25) is 5.04 Å². The maximum absolute atomic E-state index is 12.8. The zero-order chi connectivity index (χ0) is 26.3. The molecule has 0 spiro atoms. The van der Waals surface area contributed by atoms with Gasteiger partial charge in [-0.3, -0.25) is 0 Å². The van der Waals surface area contributed by atoms with Crippen LogP contribution in [0.3, 0.4) is 0 Å². The SMILES string of the molecule is CN(C)C(=O)O[C@@H](CCCO[Si](c1ccccc1)(c1ccccc1)C(C)(C)C)C(=O)OC(C)(C)C. The molecule has 2 rings (SSSR count). The lowest BCUT2D eigenvalue weighted by Crippen LogP contribution is -2.66. The van der Waals surface area contributed by atoms with Gasteiger partial charge in [-0.1, -0.05) is 81.4 Å². The molecule has 2 aromatic carbocycles. The first-order chi connectivity index (χ1) is 16.3. The van der Waals surface area contributed by atoms with Gasteiger partial charge < -0.3 is 18.8 Å². The van der Waals surface area contributed by atoms with Crippen LogP contribution in [-0.4, -0.2) is 57.7 Å². The van der Waals surface area contributed by atoms with Crippen molar-refractivity contribution in [3.05, 3.63) is 60.7 Å². The first-order valence-electron chi connectivity index (χ1n) is 12.1. The van der Waals surface area contributed by atoms with Gasteiger partial charge in [0.2, 0.25) is 6.10 Å². The number of hydrogen-bond acceptors (Lipinski definition) is 5. The predicted molar refractivity (Wildman–Crippen MR) is 143 cm³/mol. The van der Waals surface area contributed by atoms with Crippen molar-refractivity contribution in [3.63, 3.8) is 0 Å². The van der Waals surface area contributed by atoms with Gasteiger partial charge in [0, 0.05) is 20.7 Å². The first-order valence-corrected chi connectivity index (χ1v) is 14.0. The molecule has 0 aliphatic carbocycles. The molecule has 0 unspecified atom stereocenters. The summed E-state index contributed by atoms with van der Waals surface area (Å²) in [5.74, 6) is -0.543. The number of benzene rings is 2. The number of nitrogens with zero attached hydrogens (tertiary/aromatic N) is 1. The Morgan fingerprint density at radius 1 is 0.857 bits per heavy atom. The van der Waals surface area contributed by atoms with Gasteiger partial charge in [0.05, 0.1) is 0 Å². The summed E-state index contributed by atoms with van der Waals surface area (Å²) in [4.78, 5) is 26.3. The third kappa shape index (κ3) is 7.67. The standard InChI is InChI=1S/C28H41NO5Si/c1-27(2,3)34-25(30)24(33-26(31)29(7)8)20-15-21-32-35(28(4,5)6,22-16-11-9-12-17-22)23-18-13-10-14-19-23/h9-14,16-19,24H,15,20-21H2,1-8H3/t24-/m0/s1. The molecule has 0 bridgehead atoms. The van der Waals surface area contributed by atoms with E-state index in [0.29, 0.717) is 19.4 Å². The molecular formula is C28H41NO5Si. The topological polar surface area (TPSA) is 65.1 Å². The van der Waals surface area contributed by atoms with Crippen molar-refractivity contribution in [2.24, 2.45) is 0 Å². The van der Waals surface area contributed by atoms with Gasteiger partial charge in [0.15, 0.2) is 0 Å². The summed E-state index contributed by atoms with van der Waals surface area (Å²) < 4.78 is 17.8. The zero-order valence-corrected chi connectivity index (χ0v) is 23.5. The minimum atomic E-state index is -2.67. The van der Waals surface area contributed by atoms with Gasteiger partial charge in [-0.25, -0.2) is 9.59 Å². The van der Waals surface area contributed by atoms with Crippen molar-refractivity contribution in [1.82, 2.24) is 4.90 Å². The largest absolute Gasteiger partial charge is 0.457 e. The second-order valence-corrected chi connectivity index (χ2v) is 15.3. The highest BCUT2D eigenvalue weighted by atomic mass is 28.4. The van der Waals surface area contributed by atoms with Crippen LogP contribution in [0.15, 0.2) is 60.7 Å². The molecule has 0 heterocycles. The quantitative estimate of drug-likeness (QED) is 0.283. The Morgan fingerprint density at radius 2 is 1.34 bits per heavy atom. The zero-order valence-electron chi connectivity index (χ0n) is 22.5. The predicted octanol–water partition coefficient (Wildman–Crippen LogP) is 4.75. The number of carbonyl (C=O) groups excluding carboxylic acids is 2. The minimum Gasteiger partial charge on any atom is -0.457 e. The van der Waals surface area contributed by atoms with Crippen molar-refractivity contribution in [3.8, 4) is 0 Å². The van der Waals surface area contributed by atoms with E-state index < -0.39 is 32.1 Å². The van der Waals surface area contributed by atoms with E-state index in [0.717, 1.165) is 0 Å². The molecule has 1 amide bonds. The van der Waals surface area contributed by atoms with Crippen molar-refractivity contribution in [2.75, 3.05) is 20.7 Å². The number of carbonyl (C=O) groups is 2. The van der Waals surface area contributed by atoms with Gasteiger partial charge in [0.25, 0.3) is 8.32 Å². The highest BCUT2D eigenvalue weighted by Crippen LogP contribution is 2.36. The highest BCUT2D eigenvalue weighted by Gasteiger charge is 2.50. The van der Waals surface area contributed by atoms with E-state index in [1.165, 1.54) is 15.3 Å². The fourth-order valence-electron chi connectivity index (χ4n) is 4.08. The average Bonchev–Trinajstić information content (AvgIpc) is 2.77. The molecule has 0 aromatic heterocycles. The summed E-state index contributed by atoms with van der Waals surface area (Å²) in [6, 6.07) is 20.8. The minimum absolute atomic E-state index is 0.141. The number of hydrogen-bond donors (Lipinski definition) is 0. The van der Waals surface area contributed by atoms with Gasteiger partial charge in [-0.2, -0.15) is 0 Å². The molecule has 0 saturated heterocycles. The van der Waals surface area contributed by atoms with Crippen LogP contribution in [0.25, 0.3) is 0 Å². The molecule has 6 nitrogen and oxygen atoms in total. The number of esters is 1.